The van der Waals surface area contributed by atoms with Gasteiger partial charge in [-0.25, -0.2) is 4.79 Å². The van der Waals surface area contributed by atoms with Gasteiger partial charge in [-0.3, -0.25) is 0 Å². The molecule has 1 unspecified atom stereocenters. The number of thiocarbonyl (C=S) groups is 1. The molecule has 0 radical (unpaired) electrons. The number of methoxy groups -OCH3 is 1. The Morgan fingerprint density at radius 1 is 1.53 bits per heavy atom. The van der Waals surface area contributed by atoms with Crippen molar-refractivity contribution >= 4 is 23.3 Å². The van der Waals surface area contributed by atoms with Gasteiger partial charge in [0.2, 0.25) is 0 Å². The lowest BCUT2D eigenvalue weighted by Crippen LogP contribution is -2.47. The Hall–Kier alpha value is -0.880. The van der Waals surface area contributed by atoms with Crippen molar-refractivity contribution < 1.29 is 14.3 Å². The molecule has 0 aliphatic heterocycles. The molecule has 3 N–H and O–H groups in total. The van der Waals surface area contributed by atoms with E-state index in [-0.39, 0.29) is 11.6 Å². The summed E-state index contributed by atoms with van der Waals surface area (Å²) in [6.07, 6.45) is -0.558. The second-order valence-corrected chi connectivity index (χ2v) is 4.53. The molecule has 0 aromatic heterocycles. The summed E-state index contributed by atoms with van der Waals surface area (Å²) in [6.45, 7) is 5.56. The van der Waals surface area contributed by atoms with Gasteiger partial charge in [0.25, 0.3) is 0 Å². The van der Waals surface area contributed by atoms with Gasteiger partial charge in [0.05, 0.1) is 11.6 Å². The van der Waals surface area contributed by atoms with E-state index in [1.54, 1.807) is 20.8 Å². The van der Waals surface area contributed by atoms with Gasteiger partial charge in [-0.15, -0.1) is 0 Å². The highest BCUT2D eigenvalue weighted by molar-refractivity contribution is 7.80. The van der Waals surface area contributed by atoms with Crippen LogP contribution in [0.15, 0.2) is 0 Å². The van der Waals surface area contributed by atoms with E-state index >= 15 is 0 Å². The van der Waals surface area contributed by atoms with Gasteiger partial charge in [-0.05, 0) is 20.8 Å². The molecule has 1 amide bonds. The van der Waals surface area contributed by atoms with Gasteiger partial charge in [-0.2, -0.15) is 0 Å². The van der Waals surface area contributed by atoms with Crippen LogP contribution in [-0.2, 0) is 9.47 Å². The fourth-order valence-corrected chi connectivity index (χ4v) is 0.938. The molecule has 0 aromatic rings. The van der Waals surface area contributed by atoms with Gasteiger partial charge in [0, 0.05) is 7.11 Å². The Morgan fingerprint density at radius 2 is 2.07 bits per heavy atom. The van der Waals surface area contributed by atoms with Crippen LogP contribution in [0.4, 0.5) is 4.79 Å². The molecule has 15 heavy (non-hydrogen) atoms. The summed E-state index contributed by atoms with van der Waals surface area (Å²) in [4.78, 5) is 11.5. The minimum atomic E-state index is -0.558. The molecule has 0 bridgehead atoms. The summed E-state index contributed by atoms with van der Waals surface area (Å²) < 4.78 is 9.90. The molecule has 0 aromatic carbocycles. The third kappa shape index (κ3) is 7.10. The first-order valence-electron chi connectivity index (χ1n) is 4.54. The molecule has 0 fully saturated rings. The van der Waals surface area contributed by atoms with Gasteiger partial charge in [0.1, 0.15) is 11.6 Å². The molecular weight excluding hydrogens is 216 g/mol. The third-order valence-corrected chi connectivity index (χ3v) is 1.65. The average molecular weight is 234 g/mol. The smallest absolute Gasteiger partial charge is 0.408 e. The second kappa shape index (κ2) is 5.87. The SMILES string of the molecule is COCC(NC(=O)OC(C)(C)C)C(N)=S. The van der Waals surface area contributed by atoms with Crippen molar-refractivity contribution in [2.75, 3.05) is 13.7 Å². The highest BCUT2D eigenvalue weighted by atomic mass is 32.1. The van der Waals surface area contributed by atoms with Crippen molar-refractivity contribution in [2.45, 2.75) is 32.4 Å². The normalized spacial score (nSPS) is 13.1. The standard InChI is InChI=1S/C9H18N2O3S/c1-9(2,3)14-8(12)11-6(5-13-4)7(10)15/h6H,5H2,1-4H3,(H2,10,15)(H,11,12). The van der Waals surface area contributed by atoms with Crippen LogP contribution in [0.5, 0.6) is 0 Å². The van der Waals surface area contributed by atoms with Crippen LogP contribution in [0, 0.1) is 0 Å². The fraction of sp³-hybridized carbons (Fsp3) is 0.778. The molecule has 0 spiro atoms. The van der Waals surface area contributed by atoms with E-state index in [2.05, 4.69) is 5.32 Å². The number of amides is 1. The van der Waals surface area contributed by atoms with Crippen LogP contribution in [0.25, 0.3) is 0 Å². The summed E-state index contributed by atoms with van der Waals surface area (Å²) >= 11 is 4.77. The number of nitrogens with two attached hydrogens (primary N) is 1. The summed E-state index contributed by atoms with van der Waals surface area (Å²) in [7, 11) is 1.50. The molecule has 88 valence electrons. The second-order valence-electron chi connectivity index (χ2n) is 4.06. The van der Waals surface area contributed by atoms with E-state index in [9.17, 15) is 4.79 Å². The van der Waals surface area contributed by atoms with Crippen molar-refractivity contribution in [2.24, 2.45) is 5.73 Å². The predicted octanol–water partition coefficient (Wildman–Crippen LogP) is 0.812. The zero-order valence-corrected chi connectivity index (χ0v) is 10.3. The Labute approximate surface area is 95.3 Å². The maximum atomic E-state index is 11.3. The zero-order chi connectivity index (χ0) is 12.1. The maximum Gasteiger partial charge on any atom is 0.408 e. The quantitative estimate of drug-likeness (QED) is 0.704. The van der Waals surface area contributed by atoms with E-state index in [4.69, 9.17) is 27.4 Å². The average Bonchev–Trinajstić information content (AvgIpc) is 1.99. The number of hydrogen-bond donors (Lipinski definition) is 2. The minimum absolute atomic E-state index is 0.169. The van der Waals surface area contributed by atoms with Crippen LogP contribution in [0.1, 0.15) is 20.8 Å². The van der Waals surface area contributed by atoms with Crippen molar-refractivity contribution in [1.82, 2.24) is 5.32 Å². The Morgan fingerprint density at radius 3 is 2.40 bits per heavy atom. The minimum Gasteiger partial charge on any atom is -0.444 e. The molecule has 0 aliphatic rings. The van der Waals surface area contributed by atoms with Crippen LogP contribution >= 0.6 is 12.2 Å². The van der Waals surface area contributed by atoms with Gasteiger partial charge in [-0.1, -0.05) is 12.2 Å². The van der Waals surface area contributed by atoms with Crippen molar-refractivity contribution in [3.8, 4) is 0 Å². The van der Waals surface area contributed by atoms with Crippen molar-refractivity contribution in [1.29, 1.82) is 0 Å². The highest BCUT2D eigenvalue weighted by Crippen LogP contribution is 2.06. The molecule has 0 rings (SSSR count). The van der Waals surface area contributed by atoms with Crippen LogP contribution in [0.2, 0.25) is 0 Å². The molecular formula is C9H18N2O3S. The lowest BCUT2D eigenvalue weighted by molar-refractivity contribution is 0.0494. The zero-order valence-electron chi connectivity index (χ0n) is 9.49. The summed E-state index contributed by atoms with van der Waals surface area (Å²) in [5.74, 6) is 0. The number of ether oxygens (including phenoxy) is 2. The number of carbonyl (C=O) groups is 1. The first-order chi connectivity index (χ1) is 6.76. The number of alkyl carbamates (subject to hydrolysis) is 1. The van der Waals surface area contributed by atoms with Gasteiger partial charge in [0.15, 0.2) is 0 Å². The van der Waals surface area contributed by atoms with Crippen LogP contribution < -0.4 is 11.1 Å². The number of rotatable bonds is 4. The molecule has 5 nitrogen and oxygen atoms in total. The van der Waals surface area contributed by atoms with E-state index in [0.717, 1.165) is 0 Å². The first kappa shape index (κ1) is 14.1. The molecule has 0 saturated carbocycles. The lowest BCUT2D eigenvalue weighted by Gasteiger charge is -2.22. The Kier molecular flexibility index (Phi) is 5.53. The van der Waals surface area contributed by atoms with Crippen molar-refractivity contribution in [3.05, 3.63) is 0 Å². The molecule has 1 atom stereocenters. The van der Waals surface area contributed by atoms with E-state index in [1.807, 2.05) is 0 Å². The monoisotopic (exact) mass is 234 g/mol. The van der Waals surface area contributed by atoms with Crippen molar-refractivity contribution in [3.63, 3.8) is 0 Å². The van der Waals surface area contributed by atoms with E-state index in [0.29, 0.717) is 0 Å². The molecule has 0 heterocycles. The maximum absolute atomic E-state index is 11.3. The van der Waals surface area contributed by atoms with Crippen LogP contribution in [-0.4, -0.2) is 36.4 Å². The van der Waals surface area contributed by atoms with E-state index in [1.165, 1.54) is 7.11 Å². The van der Waals surface area contributed by atoms with Gasteiger partial charge >= 0.3 is 6.09 Å². The van der Waals surface area contributed by atoms with Crippen LogP contribution in [0.3, 0.4) is 0 Å². The number of carbonyl (C=O) groups excluding carboxylic acids is 1. The summed E-state index contributed by atoms with van der Waals surface area (Å²) in [5.41, 5.74) is 4.87. The molecule has 0 saturated heterocycles. The fourth-order valence-electron chi connectivity index (χ4n) is 0.811. The molecule has 6 heteroatoms. The van der Waals surface area contributed by atoms with Gasteiger partial charge < -0.3 is 20.5 Å². The Bertz CT molecular complexity index is 238. The largest absolute Gasteiger partial charge is 0.444 e. The lowest BCUT2D eigenvalue weighted by atomic mass is 10.2. The summed E-state index contributed by atoms with van der Waals surface area (Å²) in [6, 6.07) is -0.500. The third-order valence-electron chi connectivity index (χ3n) is 1.37. The topological polar surface area (TPSA) is 73.6 Å². The number of nitrogens with one attached hydrogen (secondary N) is 1. The predicted molar refractivity (Wildman–Crippen MR) is 61.8 cm³/mol. The molecule has 0 aliphatic carbocycles. The number of hydrogen-bond acceptors (Lipinski definition) is 4. The first-order valence-corrected chi connectivity index (χ1v) is 4.95. The highest BCUT2D eigenvalue weighted by Gasteiger charge is 2.20. The Balaban J connectivity index is 4.18. The summed E-state index contributed by atoms with van der Waals surface area (Å²) in [5, 5.41) is 2.52. The van der Waals surface area contributed by atoms with E-state index < -0.39 is 17.7 Å².